The Labute approximate surface area is 81.3 Å². The molecular formula is C10H12BrN. The Morgan fingerprint density at radius 2 is 2.33 bits per heavy atom. The second kappa shape index (κ2) is 3.58. The van der Waals surface area contributed by atoms with Crippen molar-refractivity contribution in [1.82, 2.24) is 5.32 Å². The van der Waals surface area contributed by atoms with Crippen molar-refractivity contribution in [3.63, 3.8) is 0 Å². The van der Waals surface area contributed by atoms with Crippen LogP contribution in [0.3, 0.4) is 0 Å². The zero-order valence-electron chi connectivity index (χ0n) is 6.89. The van der Waals surface area contributed by atoms with Gasteiger partial charge in [-0.25, -0.2) is 0 Å². The molecule has 1 aromatic rings. The monoisotopic (exact) mass is 225 g/mol. The first-order valence-corrected chi connectivity index (χ1v) is 5.12. The SMILES string of the molecule is Brc1cccc(C2CCNC2)c1. The van der Waals surface area contributed by atoms with Gasteiger partial charge in [-0.15, -0.1) is 0 Å². The van der Waals surface area contributed by atoms with Gasteiger partial charge < -0.3 is 5.32 Å². The van der Waals surface area contributed by atoms with Crippen LogP contribution < -0.4 is 5.32 Å². The van der Waals surface area contributed by atoms with Crippen molar-refractivity contribution in [2.45, 2.75) is 12.3 Å². The van der Waals surface area contributed by atoms with E-state index < -0.39 is 0 Å². The van der Waals surface area contributed by atoms with E-state index in [2.05, 4.69) is 45.5 Å². The van der Waals surface area contributed by atoms with Gasteiger partial charge in [-0.05, 0) is 36.6 Å². The van der Waals surface area contributed by atoms with Gasteiger partial charge >= 0.3 is 0 Å². The molecule has 1 N–H and O–H groups in total. The van der Waals surface area contributed by atoms with E-state index in [-0.39, 0.29) is 0 Å². The lowest BCUT2D eigenvalue weighted by Crippen LogP contribution is -2.07. The molecule has 12 heavy (non-hydrogen) atoms. The van der Waals surface area contributed by atoms with Crippen molar-refractivity contribution in [2.24, 2.45) is 0 Å². The zero-order chi connectivity index (χ0) is 8.39. The minimum Gasteiger partial charge on any atom is -0.316 e. The van der Waals surface area contributed by atoms with Crippen LogP contribution in [-0.2, 0) is 0 Å². The second-order valence-electron chi connectivity index (χ2n) is 3.24. The van der Waals surface area contributed by atoms with Crippen molar-refractivity contribution >= 4 is 15.9 Å². The summed E-state index contributed by atoms with van der Waals surface area (Å²) in [4.78, 5) is 0. The van der Waals surface area contributed by atoms with Crippen molar-refractivity contribution < 1.29 is 0 Å². The Kier molecular flexibility index (Phi) is 2.47. The van der Waals surface area contributed by atoms with Gasteiger partial charge in [0.15, 0.2) is 0 Å². The lowest BCUT2D eigenvalue weighted by molar-refractivity contribution is 0.763. The highest BCUT2D eigenvalue weighted by Crippen LogP contribution is 2.24. The number of rotatable bonds is 1. The fourth-order valence-electron chi connectivity index (χ4n) is 1.70. The fraction of sp³-hybridized carbons (Fsp3) is 0.400. The van der Waals surface area contributed by atoms with Gasteiger partial charge in [-0.3, -0.25) is 0 Å². The smallest absolute Gasteiger partial charge is 0.0178 e. The van der Waals surface area contributed by atoms with Gasteiger partial charge in [0.25, 0.3) is 0 Å². The molecular weight excluding hydrogens is 214 g/mol. The summed E-state index contributed by atoms with van der Waals surface area (Å²) in [5, 5.41) is 3.37. The Morgan fingerprint density at radius 3 is 3.00 bits per heavy atom. The van der Waals surface area contributed by atoms with Gasteiger partial charge in [-0.1, -0.05) is 28.1 Å². The van der Waals surface area contributed by atoms with Crippen molar-refractivity contribution in [3.8, 4) is 0 Å². The highest BCUT2D eigenvalue weighted by atomic mass is 79.9. The van der Waals surface area contributed by atoms with Crippen LogP contribution in [0, 0.1) is 0 Å². The van der Waals surface area contributed by atoms with E-state index in [0.29, 0.717) is 0 Å². The molecule has 2 heteroatoms. The molecule has 1 unspecified atom stereocenters. The van der Waals surface area contributed by atoms with Crippen LogP contribution in [0.5, 0.6) is 0 Å². The van der Waals surface area contributed by atoms with Gasteiger partial charge in [0.2, 0.25) is 0 Å². The van der Waals surface area contributed by atoms with Crippen LogP contribution in [-0.4, -0.2) is 13.1 Å². The third-order valence-corrected chi connectivity index (χ3v) is 2.87. The summed E-state index contributed by atoms with van der Waals surface area (Å²) >= 11 is 3.49. The fourth-order valence-corrected chi connectivity index (χ4v) is 2.12. The van der Waals surface area contributed by atoms with Crippen LogP contribution in [0.1, 0.15) is 17.9 Å². The molecule has 1 atom stereocenters. The van der Waals surface area contributed by atoms with E-state index in [1.165, 1.54) is 16.5 Å². The molecule has 1 aromatic carbocycles. The molecule has 1 heterocycles. The molecule has 0 saturated carbocycles. The number of hydrogen-bond donors (Lipinski definition) is 1. The summed E-state index contributed by atoms with van der Waals surface area (Å²) in [6, 6.07) is 8.61. The highest BCUT2D eigenvalue weighted by Gasteiger charge is 2.15. The van der Waals surface area contributed by atoms with E-state index in [4.69, 9.17) is 0 Å². The summed E-state index contributed by atoms with van der Waals surface area (Å²) < 4.78 is 1.19. The quantitative estimate of drug-likeness (QED) is 0.775. The molecule has 64 valence electrons. The Morgan fingerprint density at radius 1 is 1.42 bits per heavy atom. The maximum absolute atomic E-state index is 3.49. The molecule has 0 bridgehead atoms. The molecule has 1 aliphatic rings. The molecule has 0 radical (unpaired) electrons. The largest absolute Gasteiger partial charge is 0.316 e. The van der Waals surface area contributed by atoms with Crippen LogP contribution >= 0.6 is 15.9 Å². The first kappa shape index (κ1) is 8.27. The summed E-state index contributed by atoms with van der Waals surface area (Å²) in [5.41, 5.74) is 1.45. The number of hydrogen-bond acceptors (Lipinski definition) is 1. The van der Waals surface area contributed by atoms with Crippen LogP contribution in [0.4, 0.5) is 0 Å². The van der Waals surface area contributed by atoms with Gasteiger partial charge in [-0.2, -0.15) is 0 Å². The van der Waals surface area contributed by atoms with E-state index in [9.17, 15) is 0 Å². The maximum atomic E-state index is 3.49. The Hall–Kier alpha value is -0.340. The summed E-state index contributed by atoms with van der Waals surface area (Å²) in [6.45, 7) is 2.30. The van der Waals surface area contributed by atoms with Crippen molar-refractivity contribution in [3.05, 3.63) is 34.3 Å². The molecule has 1 nitrogen and oxygen atoms in total. The van der Waals surface area contributed by atoms with Crippen LogP contribution in [0.2, 0.25) is 0 Å². The zero-order valence-corrected chi connectivity index (χ0v) is 8.47. The molecule has 0 spiro atoms. The van der Waals surface area contributed by atoms with E-state index >= 15 is 0 Å². The Balaban J connectivity index is 2.21. The van der Waals surface area contributed by atoms with Gasteiger partial charge in [0, 0.05) is 11.0 Å². The minimum absolute atomic E-state index is 0.725. The predicted octanol–water partition coefficient (Wildman–Crippen LogP) is 2.53. The van der Waals surface area contributed by atoms with Crippen molar-refractivity contribution in [2.75, 3.05) is 13.1 Å². The highest BCUT2D eigenvalue weighted by molar-refractivity contribution is 9.10. The molecule has 1 aliphatic heterocycles. The Bertz CT molecular complexity index is 266. The van der Waals surface area contributed by atoms with E-state index in [1.807, 2.05) is 0 Å². The average molecular weight is 226 g/mol. The summed E-state index contributed by atoms with van der Waals surface area (Å²) in [5.74, 6) is 0.725. The lowest BCUT2D eigenvalue weighted by atomic mass is 9.99. The first-order valence-electron chi connectivity index (χ1n) is 4.32. The molecule has 0 aliphatic carbocycles. The molecule has 0 aromatic heterocycles. The molecule has 0 amide bonds. The predicted molar refractivity (Wildman–Crippen MR) is 54.4 cm³/mol. The average Bonchev–Trinajstić information content (AvgIpc) is 2.56. The topological polar surface area (TPSA) is 12.0 Å². The van der Waals surface area contributed by atoms with Crippen LogP contribution in [0.15, 0.2) is 28.7 Å². The van der Waals surface area contributed by atoms with Gasteiger partial charge in [0.05, 0.1) is 0 Å². The second-order valence-corrected chi connectivity index (χ2v) is 4.16. The van der Waals surface area contributed by atoms with Crippen molar-refractivity contribution in [1.29, 1.82) is 0 Å². The lowest BCUT2D eigenvalue weighted by Gasteiger charge is -2.08. The standard InChI is InChI=1S/C10H12BrN/c11-10-3-1-2-8(6-10)9-4-5-12-7-9/h1-3,6,9,12H,4-5,7H2. The summed E-state index contributed by atoms with van der Waals surface area (Å²) in [6.07, 6.45) is 1.27. The molecule has 1 fully saturated rings. The third kappa shape index (κ3) is 1.70. The summed E-state index contributed by atoms with van der Waals surface area (Å²) in [7, 11) is 0. The number of benzene rings is 1. The van der Waals surface area contributed by atoms with Crippen LogP contribution in [0.25, 0.3) is 0 Å². The minimum atomic E-state index is 0.725. The normalized spacial score (nSPS) is 22.9. The van der Waals surface area contributed by atoms with E-state index in [0.717, 1.165) is 19.0 Å². The third-order valence-electron chi connectivity index (χ3n) is 2.38. The van der Waals surface area contributed by atoms with E-state index in [1.54, 1.807) is 0 Å². The molecule has 1 saturated heterocycles. The van der Waals surface area contributed by atoms with Gasteiger partial charge in [0.1, 0.15) is 0 Å². The number of nitrogens with one attached hydrogen (secondary N) is 1. The number of halogens is 1. The maximum Gasteiger partial charge on any atom is 0.0178 e. The first-order chi connectivity index (χ1) is 5.86. The molecule has 2 rings (SSSR count).